The van der Waals surface area contributed by atoms with Gasteiger partial charge in [0.15, 0.2) is 15.6 Å². The van der Waals surface area contributed by atoms with Gasteiger partial charge in [-0.2, -0.15) is 0 Å². The predicted molar refractivity (Wildman–Crippen MR) is 114 cm³/mol. The van der Waals surface area contributed by atoms with Gasteiger partial charge < -0.3 is 5.32 Å². The van der Waals surface area contributed by atoms with Gasteiger partial charge in [-0.05, 0) is 54.6 Å². The van der Waals surface area contributed by atoms with Crippen LogP contribution in [0.5, 0.6) is 0 Å². The average Bonchev–Trinajstić information content (AvgIpc) is 2.68. The lowest BCUT2D eigenvalue weighted by Gasteiger charge is -2.12. The molecule has 1 amide bonds. The molecule has 1 N–H and O–H groups in total. The molecule has 0 aliphatic rings. The standard InChI is InChI=1S/C21H15Cl2NO4S/c1-29(27,28)15-9-6-13(7-10-15)21(26)24-19-11-8-14(22)12-17(19)20(25)16-4-2-3-5-18(16)23/h2-12H,1H3,(H,24,26). The summed E-state index contributed by atoms with van der Waals surface area (Å²) in [4.78, 5) is 25.7. The molecule has 0 aliphatic carbocycles. The van der Waals surface area contributed by atoms with Crippen molar-refractivity contribution >= 4 is 50.4 Å². The maximum Gasteiger partial charge on any atom is 0.255 e. The summed E-state index contributed by atoms with van der Waals surface area (Å²) in [7, 11) is -3.37. The molecule has 0 radical (unpaired) electrons. The van der Waals surface area contributed by atoms with Crippen LogP contribution in [0.3, 0.4) is 0 Å². The summed E-state index contributed by atoms with van der Waals surface area (Å²) in [5.74, 6) is -0.888. The fourth-order valence-corrected chi connectivity index (χ4v) is 3.68. The van der Waals surface area contributed by atoms with Gasteiger partial charge in [-0.1, -0.05) is 35.3 Å². The van der Waals surface area contributed by atoms with Crippen molar-refractivity contribution < 1.29 is 18.0 Å². The highest BCUT2D eigenvalue weighted by atomic mass is 35.5. The number of rotatable bonds is 5. The fraction of sp³-hybridized carbons (Fsp3) is 0.0476. The Bertz CT molecular complexity index is 1210. The Morgan fingerprint density at radius 1 is 0.862 bits per heavy atom. The summed E-state index contributed by atoms with van der Waals surface area (Å²) < 4.78 is 23.1. The molecule has 148 valence electrons. The van der Waals surface area contributed by atoms with Crippen molar-refractivity contribution in [2.24, 2.45) is 0 Å². The van der Waals surface area contributed by atoms with Gasteiger partial charge >= 0.3 is 0 Å². The molecular weight excluding hydrogens is 433 g/mol. The lowest BCUT2D eigenvalue weighted by molar-refractivity contribution is 0.102. The molecule has 0 aromatic heterocycles. The van der Waals surface area contributed by atoms with Gasteiger partial charge in [-0.3, -0.25) is 9.59 Å². The van der Waals surface area contributed by atoms with Crippen LogP contribution in [0.4, 0.5) is 5.69 Å². The molecule has 8 heteroatoms. The van der Waals surface area contributed by atoms with Crippen LogP contribution in [0.25, 0.3) is 0 Å². The van der Waals surface area contributed by atoms with Crippen molar-refractivity contribution in [3.63, 3.8) is 0 Å². The van der Waals surface area contributed by atoms with Crippen LogP contribution in [0.15, 0.2) is 71.6 Å². The number of hydrogen-bond donors (Lipinski definition) is 1. The maximum atomic E-state index is 13.0. The Labute approximate surface area is 178 Å². The van der Waals surface area contributed by atoms with Crippen LogP contribution in [0.2, 0.25) is 10.0 Å². The first-order chi connectivity index (χ1) is 13.7. The first-order valence-corrected chi connectivity index (χ1v) is 11.0. The molecule has 0 saturated heterocycles. The van der Waals surface area contributed by atoms with Crippen LogP contribution in [0.1, 0.15) is 26.3 Å². The van der Waals surface area contributed by atoms with E-state index in [0.29, 0.717) is 5.02 Å². The molecule has 0 spiro atoms. The molecule has 0 atom stereocenters. The highest BCUT2D eigenvalue weighted by Gasteiger charge is 2.19. The zero-order valence-electron chi connectivity index (χ0n) is 15.1. The second kappa shape index (κ2) is 8.37. The van der Waals surface area contributed by atoms with Crippen molar-refractivity contribution in [2.75, 3.05) is 11.6 Å². The lowest BCUT2D eigenvalue weighted by Crippen LogP contribution is -2.15. The van der Waals surface area contributed by atoms with Crippen LogP contribution >= 0.6 is 23.2 Å². The third-order valence-corrected chi connectivity index (χ3v) is 5.83. The normalized spacial score (nSPS) is 11.1. The summed E-state index contributed by atoms with van der Waals surface area (Å²) in [6, 6.07) is 16.6. The summed E-state index contributed by atoms with van der Waals surface area (Å²) in [5, 5.41) is 3.28. The molecule has 0 bridgehead atoms. The SMILES string of the molecule is CS(=O)(=O)c1ccc(C(=O)Nc2ccc(Cl)cc2C(=O)c2ccccc2Cl)cc1. The van der Waals surface area contributed by atoms with Crippen molar-refractivity contribution in [3.05, 3.63) is 93.5 Å². The molecule has 0 fully saturated rings. The minimum Gasteiger partial charge on any atom is -0.321 e. The van der Waals surface area contributed by atoms with Crippen LogP contribution in [0, 0.1) is 0 Å². The monoisotopic (exact) mass is 447 g/mol. The second-order valence-corrected chi connectivity index (χ2v) is 9.11. The van der Waals surface area contributed by atoms with E-state index in [1.807, 2.05) is 0 Å². The third kappa shape index (κ3) is 4.85. The molecular formula is C21H15Cl2NO4S. The number of carbonyl (C=O) groups excluding carboxylic acids is 2. The number of ketones is 1. The van der Waals surface area contributed by atoms with Crippen molar-refractivity contribution in [1.82, 2.24) is 0 Å². The van der Waals surface area contributed by atoms with Crippen molar-refractivity contribution in [1.29, 1.82) is 0 Å². The quantitative estimate of drug-likeness (QED) is 0.565. The fourth-order valence-electron chi connectivity index (χ4n) is 2.65. The van der Waals surface area contributed by atoms with Gasteiger partial charge in [0.05, 0.1) is 15.6 Å². The zero-order valence-corrected chi connectivity index (χ0v) is 17.5. The van der Waals surface area contributed by atoms with Gasteiger partial charge in [0.25, 0.3) is 5.91 Å². The van der Waals surface area contributed by atoms with Gasteiger partial charge in [-0.25, -0.2) is 8.42 Å². The molecule has 3 aromatic rings. The van der Waals surface area contributed by atoms with Gasteiger partial charge in [0.1, 0.15) is 0 Å². The van der Waals surface area contributed by atoms with Crippen molar-refractivity contribution in [2.45, 2.75) is 4.90 Å². The second-order valence-electron chi connectivity index (χ2n) is 6.25. The molecule has 0 unspecified atom stereocenters. The third-order valence-electron chi connectivity index (χ3n) is 4.14. The van der Waals surface area contributed by atoms with Gasteiger partial charge in [0.2, 0.25) is 0 Å². The number of nitrogens with one attached hydrogen (secondary N) is 1. The summed E-state index contributed by atoms with van der Waals surface area (Å²) in [6.45, 7) is 0. The molecule has 0 heterocycles. The Kier molecular flexibility index (Phi) is 6.07. The van der Waals surface area contributed by atoms with Crippen LogP contribution in [-0.2, 0) is 9.84 Å². The zero-order chi connectivity index (χ0) is 21.2. The number of halogens is 2. The molecule has 29 heavy (non-hydrogen) atoms. The van der Waals surface area contributed by atoms with E-state index in [1.165, 1.54) is 36.4 Å². The summed E-state index contributed by atoms with van der Waals surface area (Å²) >= 11 is 12.2. The maximum absolute atomic E-state index is 13.0. The number of carbonyl (C=O) groups is 2. The Hall–Kier alpha value is -2.67. The van der Waals surface area contributed by atoms with E-state index in [2.05, 4.69) is 5.32 Å². The minimum atomic E-state index is -3.37. The van der Waals surface area contributed by atoms with E-state index in [-0.39, 0.29) is 38.1 Å². The Balaban J connectivity index is 1.93. The highest BCUT2D eigenvalue weighted by Crippen LogP contribution is 2.27. The molecule has 0 saturated carbocycles. The summed E-state index contributed by atoms with van der Waals surface area (Å²) in [6.07, 6.45) is 1.09. The Morgan fingerprint density at radius 2 is 1.52 bits per heavy atom. The largest absolute Gasteiger partial charge is 0.321 e. The van der Waals surface area contributed by atoms with E-state index in [0.717, 1.165) is 6.26 Å². The number of benzene rings is 3. The molecule has 5 nitrogen and oxygen atoms in total. The lowest BCUT2D eigenvalue weighted by atomic mass is 10.0. The van der Waals surface area contributed by atoms with Crippen LogP contribution < -0.4 is 5.32 Å². The highest BCUT2D eigenvalue weighted by molar-refractivity contribution is 7.90. The first-order valence-electron chi connectivity index (χ1n) is 8.37. The van der Waals surface area contributed by atoms with E-state index in [9.17, 15) is 18.0 Å². The number of sulfone groups is 1. The number of hydrogen-bond acceptors (Lipinski definition) is 4. The molecule has 3 aromatic carbocycles. The average molecular weight is 448 g/mol. The van der Waals surface area contributed by atoms with Gasteiger partial charge in [0, 0.05) is 28.0 Å². The van der Waals surface area contributed by atoms with E-state index >= 15 is 0 Å². The molecule has 0 aliphatic heterocycles. The minimum absolute atomic E-state index is 0.107. The van der Waals surface area contributed by atoms with Crippen molar-refractivity contribution in [3.8, 4) is 0 Å². The van der Waals surface area contributed by atoms with E-state index in [4.69, 9.17) is 23.2 Å². The number of amides is 1. The summed E-state index contributed by atoms with van der Waals surface area (Å²) in [5.41, 5.74) is 0.969. The number of anilines is 1. The van der Waals surface area contributed by atoms with Crippen LogP contribution in [-0.4, -0.2) is 26.4 Å². The van der Waals surface area contributed by atoms with Gasteiger partial charge in [-0.15, -0.1) is 0 Å². The molecule has 3 rings (SSSR count). The topological polar surface area (TPSA) is 80.3 Å². The Morgan fingerprint density at radius 3 is 2.14 bits per heavy atom. The smallest absolute Gasteiger partial charge is 0.255 e. The predicted octanol–water partition coefficient (Wildman–Crippen LogP) is 4.88. The van der Waals surface area contributed by atoms with E-state index < -0.39 is 15.7 Å². The first kappa shape index (κ1) is 21.0. The van der Waals surface area contributed by atoms with E-state index in [1.54, 1.807) is 30.3 Å².